The van der Waals surface area contributed by atoms with Crippen molar-refractivity contribution in [1.29, 1.82) is 0 Å². The fraction of sp³-hybridized carbons (Fsp3) is 0.769. The van der Waals surface area contributed by atoms with Crippen LogP contribution in [0.15, 0.2) is 12.3 Å². The summed E-state index contributed by atoms with van der Waals surface area (Å²) in [6.07, 6.45) is 6.00. The molecule has 1 heterocycles. The van der Waals surface area contributed by atoms with E-state index in [2.05, 4.69) is 23.8 Å². The molecule has 2 N–H and O–H groups in total. The van der Waals surface area contributed by atoms with Crippen LogP contribution in [0.3, 0.4) is 0 Å². The maximum absolute atomic E-state index is 5.61. The Kier molecular flexibility index (Phi) is 4.05. The minimum absolute atomic E-state index is 0.616. The first-order valence-electron chi connectivity index (χ1n) is 6.68. The van der Waals surface area contributed by atoms with E-state index in [1.54, 1.807) is 0 Å². The van der Waals surface area contributed by atoms with E-state index >= 15 is 0 Å². The number of nitrogen functional groups attached to an aromatic ring is 1. The highest BCUT2D eigenvalue weighted by molar-refractivity contribution is 5.23. The molecule has 0 amide bonds. The van der Waals surface area contributed by atoms with Gasteiger partial charge in [-0.1, -0.05) is 13.8 Å². The van der Waals surface area contributed by atoms with Gasteiger partial charge >= 0.3 is 0 Å². The monoisotopic (exact) mass is 236 g/mol. The Bertz CT molecular complexity index is 341. The maximum Gasteiger partial charge on any atom is 0.145 e. The standard InChI is InChI=1S/C13H24N4/c1-11(2)5-7-16(12-3-4-12)9-10-17-8-6-13(14)15-17/h6,8,11-12H,3-5,7,9-10H2,1-2H3,(H2,14,15). The van der Waals surface area contributed by atoms with Crippen LogP contribution in [0.4, 0.5) is 5.82 Å². The van der Waals surface area contributed by atoms with E-state index in [-0.39, 0.29) is 0 Å². The van der Waals surface area contributed by atoms with Crippen molar-refractivity contribution in [2.24, 2.45) is 5.92 Å². The zero-order valence-corrected chi connectivity index (χ0v) is 11.0. The van der Waals surface area contributed by atoms with Crippen LogP contribution in [0.5, 0.6) is 0 Å². The molecule has 17 heavy (non-hydrogen) atoms. The minimum Gasteiger partial charge on any atom is -0.382 e. The summed E-state index contributed by atoms with van der Waals surface area (Å²) in [6, 6.07) is 2.69. The molecule has 1 aliphatic rings. The van der Waals surface area contributed by atoms with Crippen molar-refractivity contribution >= 4 is 5.82 Å². The second-order valence-electron chi connectivity index (χ2n) is 5.45. The van der Waals surface area contributed by atoms with Crippen LogP contribution in [0.1, 0.15) is 33.1 Å². The van der Waals surface area contributed by atoms with E-state index in [4.69, 9.17) is 5.73 Å². The Labute approximate surface area is 104 Å². The molecule has 0 spiro atoms. The van der Waals surface area contributed by atoms with Gasteiger partial charge in [-0.05, 0) is 37.8 Å². The predicted molar refractivity (Wildman–Crippen MR) is 70.7 cm³/mol. The summed E-state index contributed by atoms with van der Waals surface area (Å²) in [6.45, 7) is 7.85. The van der Waals surface area contributed by atoms with Gasteiger partial charge in [0.2, 0.25) is 0 Å². The third kappa shape index (κ3) is 4.04. The van der Waals surface area contributed by atoms with E-state index in [9.17, 15) is 0 Å². The van der Waals surface area contributed by atoms with Gasteiger partial charge in [-0.2, -0.15) is 5.10 Å². The lowest BCUT2D eigenvalue weighted by atomic mass is 10.1. The van der Waals surface area contributed by atoms with Crippen molar-refractivity contribution < 1.29 is 0 Å². The number of anilines is 1. The number of hydrogen-bond acceptors (Lipinski definition) is 3. The molecule has 4 nitrogen and oxygen atoms in total. The van der Waals surface area contributed by atoms with Crippen molar-refractivity contribution in [3.8, 4) is 0 Å². The van der Waals surface area contributed by atoms with Crippen LogP contribution in [-0.4, -0.2) is 33.8 Å². The fourth-order valence-electron chi connectivity index (χ4n) is 2.07. The van der Waals surface area contributed by atoms with Gasteiger partial charge in [0.25, 0.3) is 0 Å². The summed E-state index contributed by atoms with van der Waals surface area (Å²) in [7, 11) is 0. The average Bonchev–Trinajstić information content (AvgIpc) is 3.02. The Balaban J connectivity index is 1.77. The third-order valence-corrected chi connectivity index (χ3v) is 3.33. The van der Waals surface area contributed by atoms with Crippen LogP contribution in [0.25, 0.3) is 0 Å². The lowest BCUT2D eigenvalue weighted by Crippen LogP contribution is -2.31. The molecule has 0 unspecified atom stereocenters. The fourth-order valence-corrected chi connectivity index (χ4v) is 2.07. The quantitative estimate of drug-likeness (QED) is 0.787. The first-order chi connectivity index (χ1) is 8.15. The third-order valence-electron chi connectivity index (χ3n) is 3.33. The molecule has 1 aromatic rings. The highest BCUT2D eigenvalue weighted by Crippen LogP contribution is 2.27. The van der Waals surface area contributed by atoms with E-state index < -0.39 is 0 Å². The molecule has 1 fully saturated rings. The zero-order chi connectivity index (χ0) is 12.3. The lowest BCUT2D eigenvalue weighted by molar-refractivity contribution is 0.235. The minimum atomic E-state index is 0.616. The van der Waals surface area contributed by atoms with Gasteiger partial charge < -0.3 is 5.73 Å². The molecule has 0 aliphatic heterocycles. The number of nitrogens with two attached hydrogens (primary N) is 1. The molecule has 1 aliphatic carbocycles. The van der Waals surface area contributed by atoms with Crippen LogP contribution >= 0.6 is 0 Å². The van der Waals surface area contributed by atoms with Gasteiger partial charge in [-0.3, -0.25) is 9.58 Å². The molecular formula is C13H24N4. The Morgan fingerprint density at radius 1 is 1.47 bits per heavy atom. The van der Waals surface area contributed by atoms with Crippen LogP contribution in [0, 0.1) is 5.92 Å². The molecule has 1 aromatic heterocycles. The van der Waals surface area contributed by atoms with Crippen LogP contribution in [-0.2, 0) is 6.54 Å². The van der Waals surface area contributed by atoms with Crippen molar-refractivity contribution in [2.75, 3.05) is 18.8 Å². The van der Waals surface area contributed by atoms with Gasteiger partial charge in [0.15, 0.2) is 0 Å². The molecule has 0 atom stereocenters. The van der Waals surface area contributed by atoms with Crippen molar-refractivity contribution in [3.05, 3.63) is 12.3 Å². The van der Waals surface area contributed by atoms with Gasteiger partial charge in [-0.15, -0.1) is 0 Å². The van der Waals surface area contributed by atoms with Crippen molar-refractivity contribution in [3.63, 3.8) is 0 Å². The summed E-state index contributed by atoms with van der Waals surface area (Å²) < 4.78 is 1.94. The van der Waals surface area contributed by atoms with Gasteiger partial charge in [0.05, 0.1) is 6.54 Å². The van der Waals surface area contributed by atoms with Crippen molar-refractivity contribution in [1.82, 2.24) is 14.7 Å². The topological polar surface area (TPSA) is 47.1 Å². The van der Waals surface area contributed by atoms with Crippen LogP contribution in [0.2, 0.25) is 0 Å². The number of aromatic nitrogens is 2. The normalized spacial score (nSPS) is 16.0. The summed E-state index contributed by atoms with van der Waals surface area (Å²) in [4.78, 5) is 2.61. The van der Waals surface area contributed by atoms with Crippen LogP contribution < -0.4 is 5.73 Å². The SMILES string of the molecule is CC(C)CCN(CCn1ccc(N)n1)C1CC1. The summed E-state index contributed by atoms with van der Waals surface area (Å²) >= 11 is 0. The maximum atomic E-state index is 5.61. The second-order valence-corrected chi connectivity index (χ2v) is 5.45. The Morgan fingerprint density at radius 2 is 2.24 bits per heavy atom. The second kappa shape index (κ2) is 5.54. The van der Waals surface area contributed by atoms with Gasteiger partial charge in [0, 0.05) is 18.8 Å². The van der Waals surface area contributed by atoms with E-state index in [1.807, 2.05) is 16.9 Å². The lowest BCUT2D eigenvalue weighted by Gasteiger charge is -2.22. The molecule has 0 saturated heterocycles. The molecule has 96 valence electrons. The molecule has 2 rings (SSSR count). The first kappa shape index (κ1) is 12.4. The van der Waals surface area contributed by atoms with E-state index in [0.717, 1.165) is 25.0 Å². The number of nitrogens with zero attached hydrogens (tertiary/aromatic N) is 3. The van der Waals surface area contributed by atoms with E-state index in [1.165, 1.54) is 25.8 Å². The summed E-state index contributed by atoms with van der Waals surface area (Å²) in [5, 5.41) is 4.23. The zero-order valence-electron chi connectivity index (χ0n) is 11.0. The summed E-state index contributed by atoms with van der Waals surface area (Å²) in [5.41, 5.74) is 5.61. The Hall–Kier alpha value is -1.03. The molecule has 0 aromatic carbocycles. The highest BCUT2D eigenvalue weighted by atomic mass is 15.3. The molecule has 0 radical (unpaired) electrons. The van der Waals surface area contributed by atoms with E-state index in [0.29, 0.717) is 5.82 Å². The molecule has 0 bridgehead atoms. The molecule has 4 heteroatoms. The molecular weight excluding hydrogens is 212 g/mol. The van der Waals surface area contributed by atoms with Crippen molar-refractivity contribution in [2.45, 2.75) is 45.7 Å². The largest absolute Gasteiger partial charge is 0.382 e. The Morgan fingerprint density at radius 3 is 2.76 bits per heavy atom. The number of rotatable bonds is 7. The highest BCUT2D eigenvalue weighted by Gasteiger charge is 2.28. The van der Waals surface area contributed by atoms with Gasteiger partial charge in [0.1, 0.15) is 5.82 Å². The smallest absolute Gasteiger partial charge is 0.145 e. The predicted octanol–water partition coefficient (Wildman–Crippen LogP) is 1.98. The number of hydrogen-bond donors (Lipinski definition) is 1. The summed E-state index contributed by atoms with van der Waals surface area (Å²) in [5.74, 6) is 1.40. The first-order valence-corrected chi connectivity index (χ1v) is 6.68. The van der Waals surface area contributed by atoms with Gasteiger partial charge in [-0.25, -0.2) is 0 Å². The average molecular weight is 236 g/mol. The molecule has 1 saturated carbocycles.